The average molecular weight is 330 g/mol. The Balaban J connectivity index is 1.67. The van der Waals surface area contributed by atoms with Gasteiger partial charge in [0.15, 0.2) is 0 Å². The lowest BCUT2D eigenvalue weighted by Crippen LogP contribution is -2.44. The van der Waals surface area contributed by atoms with Crippen molar-refractivity contribution in [1.29, 1.82) is 0 Å². The van der Waals surface area contributed by atoms with E-state index in [-0.39, 0.29) is 6.10 Å². The third-order valence-corrected chi connectivity index (χ3v) is 4.69. The maximum atomic E-state index is 9.74. The zero-order chi connectivity index (χ0) is 16.5. The number of aliphatic hydroxyl groups is 2. The SMILES string of the molecule is OC1CC(Oc2nc(N3CCNCC3)nc3ccccc23)CC1O. The molecule has 0 bridgehead atoms. The Morgan fingerprint density at radius 3 is 2.50 bits per heavy atom. The number of fused-ring (bicyclic) bond motifs is 1. The summed E-state index contributed by atoms with van der Waals surface area (Å²) in [5.41, 5.74) is 0.843. The van der Waals surface area contributed by atoms with Crippen LogP contribution < -0.4 is 15.0 Å². The summed E-state index contributed by atoms with van der Waals surface area (Å²) in [6, 6.07) is 7.77. The fourth-order valence-electron chi connectivity index (χ4n) is 3.34. The summed E-state index contributed by atoms with van der Waals surface area (Å²) < 4.78 is 6.05. The molecule has 1 aromatic heterocycles. The van der Waals surface area contributed by atoms with Crippen LogP contribution in [0.15, 0.2) is 24.3 Å². The molecule has 2 aliphatic rings. The van der Waals surface area contributed by atoms with E-state index in [9.17, 15) is 10.2 Å². The van der Waals surface area contributed by atoms with Gasteiger partial charge in [-0.05, 0) is 12.1 Å². The number of piperazine rings is 1. The summed E-state index contributed by atoms with van der Waals surface area (Å²) in [5.74, 6) is 1.20. The number of anilines is 1. The number of hydrogen-bond acceptors (Lipinski definition) is 7. The standard InChI is InChI=1S/C17H22N4O3/c22-14-9-11(10-15(14)23)24-16-12-3-1-2-4-13(12)19-17(20-16)21-7-5-18-6-8-21/h1-4,11,14-15,18,22-23H,5-10H2. The second kappa shape index (κ2) is 6.51. The summed E-state index contributed by atoms with van der Waals surface area (Å²) >= 11 is 0. The van der Waals surface area contributed by atoms with Crippen LogP contribution in [0.4, 0.5) is 5.95 Å². The Kier molecular flexibility index (Phi) is 4.22. The molecule has 1 saturated carbocycles. The molecular weight excluding hydrogens is 308 g/mol. The van der Waals surface area contributed by atoms with Gasteiger partial charge >= 0.3 is 0 Å². The monoisotopic (exact) mass is 330 g/mol. The molecule has 4 rings (SSSR count). The molecule has 3 N–H and O–H groups in total. The number of aliphatic hydroxyl groups excluding tert-OH is 2. The number of rotatable bonds is 3. The smallest absolute Gasteiger partial charge is 0.229 e. The topological polar surface area (TPSA) is 90.7 Å². The van der Waals surface area contributed by atoms with Gasteiger partial charge in [0, 0.05) is 39.0 Å². The second-order valence-corrected chi connectivity index (χ2v) is 6.43. The predicted octanol–water partition coefficient (Wildman–Crippen LogP) is 0.302. The highest BCUT2D eigenvalue weighted by Gasteiger charge is 2.33. The number of benzene rings is 1. The third-order valence-electron chi connectivity index (χ3n) is 4.69. The number of aromatic nitrogens is 2. The zero-order valence-corrected chi connectivity index (χ0v) is 13.4. The first-order chi connectivity index (χ1) is 11.7. The Hall–Kier alpha value is -1.96. The molecule has 0 amide bonds. The van der Waals surface area contributed by atoms with Crippen molar-refractivity contribution in [2.24, 2.45) is 0 Å². The fraction of sp³-hybridized carbons (Fsp3) is 0.529. The van der Waals surface area contributed by atoms with Gasteiger partial charge in [-0.15, -0.1) is 0 Å². The molecule has 0 spiro atoms. The molecule has 1 aliphatic heterocycles. The highest BCUT2D eigenvalue weighted by molar-refractivity contribution is 5.84. The molecule has 2 heterocycles. The van der Waals surface area contributed by atoms with Crippen molar-refractivity contribution in [3.63, 3.8) is 0 Å². The number of ether oxygens (including phenoxy) is 1. The van der Waals surface area contributed by atoms with Gasteiger partial charge in [0.25, 0.3) is 0 Å². The van der Waals surface area contributed by atoms with Gasteiger partial charge in [0.05, 0.1) is 23.1 Å². The van der Waals surface area contributed by atoms with Crippen molar-refractivity contribution in [3.05, 3.63) is 24.3 Å². The van der Waals surface area contributed by atoms with E-state index in [0.717, 1.165) is 37.1 Å². The van der Waals surface area contributed by atoms with Crippen molar-refractivity contribution in [2.45, 2.75) is 31.2 Å². The van der Waals surface area contributed by atoms with Crippen LogP contribution in [0.5, 0.6) is 5.88 Å². The summed E-state index contributed by atoms with van der Waals surface area (Å²) in [7, 11) is 0. The van der Waals surface area contributed by atoms with E-state index in [1.807, 2.05) is 24.3 Å². The average Bonchev–Trinajstić information content (AvgIpc) is 2.93. The lowest BCUT2D eigenvalue weighted by molar-refractivity contribution is 0.0438. The molecule has 24 heavy (non-hydrogen) atoms. The van der Waals surface area contributed by atoms with Gasteiger partial charge in [-0.1, -0.05) is 12.1 Å². The summed E-state index contributed by atoms with van der Waals surface area (Å²) in [6.07, 6.45) is -0.846. The first kappa shape index (κ1) is 15.6. The summed E-state index contributed by atoms with van der Waals surface area (Å²) in [5, 5.41) is 23.7. The molecule has 1 aliphatic carbocycles. The predicted molar refractivity (Wildman–Crippen MR) is 90.3 cm³/mol. The molecule has 1 saturated heterocycles. The van der Waals surface area contributed by atoms with Crippen LogP contribution in [0.1, 0.15) is 12.8 Å². The van der Waals surface area contributed by atoms with Crippen LogP contribution in [0.25, 0.3) is 10.9 Å². The van der Waals surface area contributed by atoms with Crippen LogP contribution in [0, 0.1) is 0 Å². The van der Waals surface area contributed by atoms with Crippen molar-refractivity contribution in [2.75, 3.05) is 31.1 Å². The molecular formula is C17H22N4O3. The minimum absolute atomic E-state index is 0.232. The van der Waals surface area contributed by atoms with E-state index < -0.39 is 12.2 Å². The minimum atomic E-state index is -0.726. The number of nitrogens with zero attached hydrogens (tertiary/aromatic N) is 3. The first-order valence-corrected chi connectivity index (χ1v) is 8.46. The van der Waals surface area contributed by atoms with E-state index in [1.165, 1.54) is 0 Å². The van der Waals surface area contributed by atoms with Crippen molar-refractivity contribution in [1.82, 2.24) is 15.3 Å². The lowest BCUT2D eigenvalue weighted by Gasteiger charge is -2.28. The normalized spacial score (nSPS) is 27.6. The number of para-hydroxylation sites is 1. The molecule has 2 atom stereocenters. The Labute approximate surface area is 140 Å². The third kappa shape index (κ3) is 3.02. The Bertz CT molecular complexity index is 710. The summed E-state index contributed by atoms with van der Waals surface area (Å²) in [6.45, 7) is 3.54. The van der Waals surface area contributed by atoms with Gasteiger partial charge in [0.2, 0.25) is 11.8 Å². The van der Waals surface area contributed by atoms with Crippen molar-refractivity contribution >= 4 is 16.9 Å². The molecule has 7 heteroatoms. The van der Waals surface area contributed by atoms with Crippen LogP contribution in [-0.4, -0.2) is 64.7 Å². The summed E-state index contributed by atoms with van der Waals surface area (Å²) in [4.78, 5) is 11.5. The van der Waals surface area contributed by atoms with E-state index in [1.54, 1.807) is 0 Å². The largest absolute Gasteiger partial charge is 0.474 e. The van der Waals surface area contributed by atoms with Crippen LogP contribution in [0.2, 0.25) is 0 Å². The van der Waals surface area contributed by atoms with Crippen LogP contribution in [-0.2, 0) is 0 Å². The quantitative estimate of drug-likeness (QED) is 0.746. The van der Waals surface area contributed by atoms with E-state index in [2.05, 4.69) is 20.2 Å². The molecule has 0 radical (unpaired) electrons. The second-order valence-electron chi connectivity index (χ2n) is 6.43. The minimum Gasteiger partial charge on any atom is -0.474 e. The fourth-order valence-corrected chi connectivity index (χ4v) is 3.34. The van der Waals surface area contributed by atoms with Crippen LogP contribution >= 0.6 is 0 Å². The van der Waals surface area contributed by atoms with E-state index in [0.29, 0.717) is 24.7 Å². The number of nitrogens with one attached hydrogen (secondary N) is 1. The highest BCUT2D eigenvalue weighted by atomic mass is 16.5. The Morgan fingerprint density at radius 2 is 1.75 bits per heavy atom. The van der Waals surface area contributed by atoms with Crippen LogP contribution in [0.3, 0.4) is 0 Å². The van der Waals surface area contributed by atoms with Gasteiger partial charge in [0.1, 0.15) is 6.10 Å². The van der Waals surface area contributed by atoms with E-state index in [4.69, 9.17) is 4.74 Å². The lowest BCUT2D eigenvalue weighted by atomic mass is 10.2. The molecule has 2 fully saturated rings. The molecule has 2 aromatic rings. The maximum absolute atomic E-state index is 9.74. The van der Waals surface area contributed by atoms with Gasteiger partial charge < -0.3 is 25.2 Å². The maximum Gasteiger partial charge on any atom is 0.229 e. The molecule has 128 valence electrons. The molecule has 7 nitrogen and oxygen atoms in total. The van der Waals surface area contributed by atoms with Gasteiger partial charge in [-0.3, -0.25) is 0 Å². The first-order valence-electron chi connectivity index (χ1n) is 8.46. The molecule has 1 aromatic carbocycles. The Morgan fingerprint density at radius 1 is 1.04 bits per heavy atom. The zero-order valence-electron chi connectivity index (χ0n) is 13.4. The van der Waals surface area contributed by atoms with Gasteiger partial charge in [-0.2, -0.15) is 4.98 Å². The van der Waals surface area contributed by atoms with Gasteiger partial charge in [-0.25, -0.2) is 4.98 Å². The van der Waals surface area contributed by atoms with E-state index >= 15 is 0 Å². The highest BCUT2D eigenvalue weighted by Crippen LogP contribution is 2.30. The van der Waals surface area contributed by atoms with Crippen molar-refractivity contribution < 1.29 is 14.9 Å². The van der Waals surface area contributed by atoms with Crippen molar-refractivity contribution in [3.8, 4) is 5.88 Å². The molecule has 2 unspecified atom stereocenters. The number of hydrogen-bond donors (Lipinski definition) is 3.